The molecular formula is C9H10N4O2S. The molecule has 2 heterocycles. The standard InChI is InChI=1S/C9H10N4O2S/c1-15-5-12-8(14)6-4-16-9(13-6)7-10-2-3-11-7/h2-4H,5H2,1H3,(H,10,11)(H,12,14). The molecule has 0 aliphatic heterocycles. The lowest BCUT2D eigenvalue weighted by Gasteiger charge is -1.99. The van der Waals surface area contributed by atoms with E-state index < -0.39 is 0 Å². The summed E-state index contributed by atoms with van der Waals surface area (Å²) in [6.45, 7) is 0.173. The number of thiazole rings is 1. The Morgan fingerprint density at radius 1 is 1.69 bits per heavy atom. The maximum Gasteiger partial charge on any atom is 0.272 e. The second-order valence-electron chi connectivity index (χ2n) is 2.91. The quantitative estimate of drug-likeness (QED) is 0.774. The van der Waals surface area contributed by atoms with Crippen molar-refractivity contribution < 1.29 is 9.53 Å². The summed E-state index contributed by atoms with van der Waals surface area (Å²) in [6.07, 6.45) is 3.35. The number of methoxy groups -OCH3 is 1. The van der Waals surface area contributed by atoms with Crippen LogP contribution in [0.4, 0.5) is 0 Å². The minimum absolute atomic E-state index is 0.173. The lowest BCUT2D eigenvalue weighted by molar-refractivity contribution is 0.0868. The van der Waals surface area contributed by atoms with Crippen LogP contribution in [0.5, 0.6) is 0 Å². The molecule has 16 heavy (non-hydrogen) atoms. The molecule has 6 nitrogen and oxygen atoms in total. The van der Waals surface area contributed by atoms with Gasteiger partial charge in [0.25, 0.3) is 5.91 Å². The summed E-state index contributed by atoms with van der Waals surface area (Å²) in [5, 5.41) is 4.93. The lowest BCUT2D eigenvalue weighted by Crippen LogP contribution is -2.25. The molecular weight excluding hydrogens is 228 g/mol. The largest absolute Gasteiger partial charge is 0.364 e. The van der Waals surface area contributed by atoms with Crippen molar-refractivity contribution in [3.05, 3.63) is 23.5 Å². The Morgan fingerprint density at radius 3 is 3.25 bits per heavy atom. The van der Waals surface area contributed by atoms with E-state index in [1.165, 1.54) is 18.4 Å². The van der Waals surface area contributed by atoms with Crippen molar-refractivity contribution in [2.75, 3.05) is 13.8 Å². The Hall–Kier alpha value is -1.73. The lowest BCUT2D eigenvalue weighted by atomic mass is 10.4. The van der Waals surface area contributed by atoms with E-state index in [4.69, 9.17) is 4.74 Å². The molecule has 84 valence electrons. The monoisotopic (exact) mass is 238 g/mol. The topological polar surface area (TPSA) is 79.9 Å². The van der Waals surface area contributed by atoms with Crippen LogP contribution in [0.2, 0.25) is 0 Å². The van der Waals surface area contributed by atoms with Crippen LogP contribution in [0, 0.1) is 0 Å². The van der Waals surface area contributed by atoms with Gasteiger partial charge in [0.15, 0.2) is 10.8 Å². The van der Waals surface area contributed by atoms with E-state index in [1.54, 1.807) is 17.8 Å². The van der Waals surface area contributed by atoms with Crippen LogP contribution in [0.25, 0.3) is 10.8 Å². The molecule has 0 aliphatic carbocycles. The number of nitrogens with one attached hydrogen (secondary N) is 2. The minimum atomic E-state index is -0.254. The van der Waals surface area contributed by atoms with Crippen molar-refractivity contribution >= 4 is 17.2 Å². The molecule has 2 N–H and O–H groups in total. The summed E-state index contributed by atoms with van der Waals surface area (Å²) in [5.41, 5.74) is 0.369. The highest BCUT2D eigenvalue weighted by atomic mass is 32.1. The minimum Gasteiger partial charge on any atom is -0.364 e. The predicted molar refractivity (Wildman–Crippen MR) is 59.0 cm³/mol. The van der Waals surface area contributed by atoms with Crippen LogP contribution in [-0.2, 0) is 4.74 Å². The van der Waals surface area contributed by atoms with E-state index in [1.807, 2.05) is 0 Å². The first-order valence-corrected chi connectivity index (χ1v) is 5.41. The maximum absolute atomic E-state index is 11.5. The number of nitrogens with zero attached hydrogens (tertiary/aromatic N) is 2. The fourth-order valence-electron chi connectivity index (χ4n) is 1.10. The zero-order chi connectivity index (χ0) is 11.4. The summed E-state index contributed by atoms with van der Waals surface area (Å²) in [4.78, 5) is 22.7. The molecule has 0 bridgehead atoms. The number of aromatic nitrogens is 3. The summed E-state index contributed by atoms with van der Waals surface area (Å²) < 4.78 is 4.74. The van der Waals surface area contributed by atoms with Gasteiger partial charge in [-0.3, -0.25) is 4.79 Å². The zero-order valence-electron chi connectivity index (χ0n) is 8.56. The van der Waals surface area contributed by atoms with Crippen LogP contribution in [0.15, 0.2) is 17.8 Å². The Labute approximate surface area is 95.7 Å². The van der Waals surface area contributed by atoms with Crippen molar-refractivity contribution in [1.29, 1.82) is 0 Å². The third kappa shape index (κ3) is 2.26. The molecule has 0 radical (unpaired) electrons. The number of aromatic amines is 1. The third-order valence-electron chi connectivity index (χ3n) is 1.81. The summed E-state index contributed by atoms with van der Waals surface area (Å²) in [5.74, 6) is 0.409. The third-order valence-corrected chi connectivity index (χ3v) is 2.66. The summed E-state index contributed by atoms with van der Waals surface area (Å²) in [7, 11) is 1.51. The number of imidazole rings is 1. The van der Waals surface area contributed by atoms with E-state index in [0.29, 0.717) is 16.5 Å². The molecule has 0 atom stereocenters. The number of amides is 1. The maximum atomic E-state index is 11.5. The van der Waals surface area contributed by atoms with Crippen molar-refractivity contribution in [1.82, 2.24) is 20.3 Å². The van der Waals surface area contributed by atoms with Crippen molar-refractivity contribution in [2.24, 2.45) is 0 Å². The number of carbonyl (C=O) groups excluding carboxylic acids is 1. The number of hydrogen-bond donors (Lipinski definition) is 2. The Bertz CT molecular complexity index is 466. The molecule has 0 unspecified atom stereocenters. The van der Waals surface area contributed by atoms with Crippen LogP contribution < -0.4 is 5.32 Å². The normalized spacial score (nSPS) is 10.3. The van der Waals surface area contributed by atoms with Gasteiger partial charge >= 0.3 is 0 Å². The van der Waals surface area contributed by atoms with Gasteiger partial charge in [0.05, 0.1) is 0 Å². The highest BCUT2D eigenvalue weighted by Gasteiger charge is 2.12. The molecule has 0 aromatic carbocycles. The van der Waals surface area contributed by atoms with E-state index in [0.717, 1.165) is 0 Å². The van der Waals surface area contributed by atoms with Gasteiger partial charge in [0.1, 0.15) is 12.4 Å². The SMILES string of the molecule is COCNC(=O)c1csc(-c2ncc[nH]2)n1. The smallest absolute Gasteiger partial charge is 0.272 e. The van der Waals surface area contributed by atoms with Crippen LogP contribution >= 0.6 is 11.3 Å². The van der Waals surface area contributed by atoms with Crippen molar-refractivity contribution in [3.63, 3.8) is 0 Å². The molecule has 7 heteroatoms. The van der Waals surface area contributed by atoms with E-state index in [9.17, 15) is 4.79 Å². The number of rotatable bonds is 4. The van der Waals surface area contributed by atoms with Crippen LogP contribution in [0.3, 0.4) is 0 Å². The van der Waals surface area contributed by atoms with Gasteiger partial charge in [0.2, 0.25) is 0 Å². The van der Waals surface area contributed by atoms with Gasteiger partial charge < -0.3 is 15.0 Å². The highest BCUT2D eigenvalue weighted by Crippen LogP contribution is 2.19. The average Bonchev–Trinajstić information content (AvgIpc) is 2.94. The van der Waals surface area contributed by atoms with E-state index in [-0.39, 0.29) is 12.6 Å². The number of H-pyrrole nitrogens is 1. The van der Waals surface area contributed by atoms with Gasteiger partial charge in [0, 0.05) is 24.9 Å². The Balaban J connectivity index is 2.11. The molecule has 0 saturated carbocycles. The molecule has 2 rings (SSSR count). The van der Waals surface area contributed by atoms with Crippen molar-refractivity contribution in [2.45, 2.75) is 0 Å². The summed E-state index contributed by atoms with van der Waals surface area (Å²) >= 11 is 1.36. The molecule has 0 fully saturated rings. The second-order valence-corrected chi connectivity index (χ2v) is 3.77. The van der Waals surface area contributed by atoms with Crippen LogP contribution in [0.1, 0.15) is 10.5 Å². The van der Waals surface area contributed by atoms with Gasteiger partial charge in [-0.25, -0.2) is 9.97 Å². The van der Waals surface area contributed by atoms with E-state index >= 15 is 0 Å². The molecule has 2 aromatic heterocycles. The highest BCUT2D eigenvalue weighted by molar-refractivity contribution is 7.13. The first kappa shape index (κ1) is 10.8. The van der Waals surface area contributed by atoms with Crippen molar-refractivity contribution in [3.8, 4) is 10.8 Å². The van der Waals surface area contributed by atoms with Crippen LogP contribution in [-0.4, -0.2) is 34.7 Å². The Kier molecular flexibility index (Phi) is 3.28. The Morgan fingerprint density at radius 2 is 2.56 bits per heavy atom. The fraction of sp³-hybridized carbons (Fsp3) is 0.222. The fourth-order valence-corrected chi connectivity index (χ4v) is 1.85. The first-order valence-electron chi connectivity index (χ1n) is 4.53. The first-order chi connectivity index (χ1) is 7.81. The number of ether oxygens (including phenoxy) is 1. The molecule has 2 aromatic rings. The summed E-state index contributed by atoms with van der Waals surface area (Å²) in [6, 6.07) is 0. The zero-order valence-corrected chi connectivity index (χ0v) is 9.37. The molecule has 1 amide bonds. The number of hydrogen-bond acceptors (Lipinski definition) is 5. The average molecular weight is 238 g/mol. The molecule has 0 aliphatic rings. The van der Waals surface area contributed by atoms with Gasteiger partial charge in [-0.05, 0) is 0 Å². The van der Waals surface area contributed by atoms with Gasteiger partial charge in [-0.2, -0.15) is 0 Å². The second kappa shape index (κ2) is 4.86. The molecule has 0 spiro atoms. The predicted octanol–water partition coefficient (Wildman–Crippen LogP) is 0.867. The van der Waals surface area contributed by atoms with Gasteiger partial charge in [-0.15, -0.1) is 11.3 Å². The van der Waals surface area contributed by atoms with E-state index in [2.05, 4.69) is 20.3 Å². The van der Waals surface area contributed by atoms with Gasteiger partial charge in [-0.1, -0.05) is 0 Å². The number of carbonyl (C=O) groups is 1. The molecule has 0 saturated heterocycles.